The fraction of sp³-hybridized carbons (Fsp3) is 0.300. The Morgan fingerprint density at radius 2 is 1.93 bits per heavy atom. The van der Waals surface area contributed by atoms with Crippen LogP contribution < -0.4 is 10.2 Å². The van der Waals surface area contributed by atoms with Gasteiger partial charge in [0.1, 0.15) is 5.82 Å². The second-order valence-corrected chi connectivity index (χ2v) is 6.64. The smallest absolute Gasteiger partial charge is 0.352 e. The molecule has 0 unspecified atom stereocenters. The molecule has 1 aromatic heterocycles. The van der Waals surface area contributed by atoms with Crippen molar-refractivity contribution >= 4 is 17.4 Å². The lowest BCUT2D eigenvalue weighted by atomic mass is 9.95. The first-order chi connectivity index (χ1) is 12.8. The highest BCUT2D eigenvalue weighted by Crippen LogP contribution is 2.30. The summed E-state index contributed by atoms with van der Waals surface area (Å²) in [6.07, 6.45) is -0.804. The molecule has 27 heavy (non-hydrogen) atoms. The van der Waals surface area contributed by atoms with Crippen molar-refractivity contribution in [1.82, 2.24) is 4.98 Å². The van der Waals surface area contributed by atoms with Crippen LogP contribution >= 0.6 is 0 Å². The second kappa shape index (κ2) is 7.42. The summed E-state index contributed by atoms with van der Waals surface area (Å²) >= 11 is 0. The van der Waals surface area contributed by atoms with Crippen LogP contribution in [0.15, 0.2) is 54.2 Å². The van der Waals surface area contributed by atoms with E-state index in [0.29, 0.717) is 24.4 Å². The maximum atomic E-state index is 12.6. The third-order valence-corrected chi connectivity index (χ3v) is 4.57. The first kappa shape index (κ1) is 18.9. The maximum Gasteiger partial charge on any atom is 0.416 e. The van der Waals surface area contributed by atoms with E-state index in [4.69, 9.17) is 0 Å². The predicted molar refractivity (Wildman–Crippen MR) is 98.5 cm³/mol. The van der Waals surface area contributed by atoms with Crippen LogP contribution in [-0.4, -0.2) is 24.0 Å². The molecule has 142 valence electrons. The van der Waals surface area contributed by atoms with E-state index in [2.05, 4.69) is 15.2 Å². The number of aryl methyl sites for hydroxylation is 1. The average Bonchev–Trinajstić information content (AvgIpc) is 2.61. The van der Waals surface area contributed by atoms with Crippen LogP contribution in [0.2, 0.25) is 0 Å². The van der Waals surface area contributed by atoms with E-state index in [9.17, 15) is 18.0 Å². The van der Waals surface area contributed by atoms with Crippen molar-refractivity contribution in [2.75, 3.05) is 23.3 Å². The van der Waals surface area contributed by atoms with E-state index < -0.39 is 11.7 Å². The molecule has 7 heteroatoms. The quantitative estimate of drug-likeness (QED) is 0.863. The highest BCUT2D eigenvalue weighted by atomic mass is 19.4. The van der Waals surface area contributed by atoms with Crippen LogP contribution in [0.25, 0.3) is 0 Å². The summed E-state index contributed by atoms with van der Waals surface area (Å²) in [6, 6.07) is 8.31. The number of carbonyl (C=O) groups is 1. The summed E-state index contributed by atoms with van der Waals surface area (Å²) < 4.78 is 37.9. The molecule has 0 bridgehead atoms. The van der Waals surface area contributed by atoms with Crippen molar-refractivity contribution in [3.05, 3.63) is 65.4 Å². The number of pyridine rings is 1. The first-order valence-corrected chi connectivity index (χ1v) is 8.61. The molecule has 0 aliphatic carbocycles. The number of amides is 1. The minimum atomic E-state index is -4.39. The number of carbonyl (C=O) groups excluding carboxylic acids is 1. The molecule has 1 aliphatic rings. The number of halogens is 3. The molecule has 2 heterocycles. The molecule has 0 fully saturated rings. The predicted octanol–water partition coefficient (Wildman–Crippen LogP) is 4.43. The number of hydrogen-bond acceptors (Lipinski definition) is 3. The first-order valence-electron chi connectivity index (χ1n) is 8.61. The standard InChI is InChI=1S/C20H20F3N3O/c1-13-4-3-10-24-18(13)26-11-9-17(14(2)12-26)19(27)25-16-7-5-15(6-8-16)20(21,22)23/h3-10,14H,11-12H2,1-2H3,(H,25,27)/t14-/m1/s1. The van der Waals surface area contributed by atoms with Gasteiger partial charge >= 0.3 is 6.18 Å². The Balaban J connectivity index is 1.69. The van der Waals surface area contributed by atoms with Crippen molar-refractivity contribution in [1.29, 1.82) is 0 Å². The van der Waals surface area contributed by atoms with Crippen LogP contribution in [0.3, 0.4) is 0 Å². The SMILES string of the molecule is Cc1cccnc1N1CC=C(C(=O)Nc2ccc(C(F)(F)F)cc2)[C@H](C)C1. The summed E-state index contributed by atoms with van der Waals surface area (Å²) in [5, 5.41) is 2.68. The molecule has 0 saturated carbocycles. The van der Waals surface area contributed by atoms with Gasteiger partial charge in [-0.1, -0.05) is 19.1 Å². The van der Waals surface area contributed by atoms with Crippen LogP contribution in [0.5, 0.6) is 0 Å². The maximum absolute atomic E-state index is 12.6. The molecular formula is C20H20F3N3O. The van der Waals surface area contributed by atoms with Crippen molar-refractivity contribution in [3.63, 3.8) is 0 Å². The molecule has 1 aliphatic heterocycles. The van der Waals surface area contributed by atoms with Crippen LogP contribution in [0.4, 0.5) is 24.7 Å². The molecule has 0 spiro atoms. The summed E-state index contributed by atoms with van der Waals surface area (Å²) in [4.78, 5) is 19.0. The monoisotopic (exact) mass is 375 g/mol. The van der Waals surface area contributed by atoms with Crippen molar-refractivity contribution < 1.29 is 18.0 Å². The van der Waals surface area contributed by atoms with Gasteiger partial charge in [-0.3, -0.25) is 4.79 Å². The Morgan fingerprint density at radius 3 is 2.52 bits per heavy atom. The summed E-state index contributed by atoms with van der Waals surface area (Å²) in [5.74, 6) is 0.567. The second-order valence-electron chi connectivity index (χ2n) is 6.64. The zero-order chi connectivity index (χ0) is 19.6. The molecule has 4 nitrogen and oxygen atoms in total. The number of nitrogens with zero attached hydrogens (tertiary/aromatic N) is 2. The van der Waals surface area contributed by atoms with Crippen LogP contribution in [-0.2, 0) is 11.0 Å². The van der Waals surface area contributed by atoms with Gasteiger partial charge in [-0.15, -0.1) is 0 Å². The van der Waals surface area contributed by atoms with Gasteiger partial charge in [0.2, 0.25) is 0 Å². The highest BCUT2D eigenvalue weighted by Gasteiger charge is 2.30. The van der Waals surface area contributed by atoms with Crippen LogP contribution in [0.1, 0.15) is 18.1 Å². The van der Waals surface area contributed by atoms with E-state index >= 15 is 0 Å². The van der Waals surface area contributed by atoms with Gasteiger partial charge in [0, 0.05) is 36.5 Å². The normalized spacial score (nSPS) is 17.4. The molecular weight excluding hydrogens is 355 g/mol. The average molecular weight is 375 g/mol. The Kier molecular flexibility index (Phi) is 5.21. The van der Waals surface area contributed by atoms with E-state index in [1.807, 2.05) is 32.1 Å². The van der Waals surface area contributed by atoms with Gasteiger partial charge in [-0.2, -0.15) is 13.2 Å². The van der Waals surface area contributed by atoms with Crippen molar-refractivity contribution in [3.8, 4) is 0 Å². The van der Waals surface area contributed by atoms with Crippen molar-refractivity contribution in [2.24, 2.45) is 5.92 Å². The lowest BCUT2D eigenvalue weighted by Gasteiger charge is -2.32. The van der Waals surface area contributed by atoms with Gasteiger partial charge < -0.3 is 10.2 Å². The van der Waals surface area contributed by atoms with E-state index in [1.54, 1.807) is 6.20 Å². The molecule has 1 atom stereocenters. The van der Waals surface area contributed by atoms with E-state index in [0.717, 1.165) is 23.5 Å². The summed E-state index contributed by atoms with van der Waals surface area (Å²) in [5.41, 5.74) is 1.28. The topological polar surface area (TPSA) is 45.2 Å². The zero-order valence-electron chi connectivity index (χ0n) is 15.0. The zero-order valence-corrected chi connectivity index (χ0v) is 15.0. The van der Waals surface area contributed by atoms with Gasteiger partial charge in [-0.25, -0.2) is 4.98 Å². The van der Waals surface area contributed by atoms with Crippen molar-refractivity contribution in [2.45, 2.75) is 20.0 Å². The van der Waals surface area contributed by atoms with Gasteiger partial charge in [0.25, 0.3) is 5.91 Å². The number of aromatic nitrogens is 1. The number of nitrogens with one attached hydrogen (secondary N) is 1. The lowest BCUT2D eigenvalue weighted by molar-refractivity contribution is -0.137. The summed E-state index contributed by atoms with van der Waals surface area (Å²) in [7, 11) is 0. The largest absolute Gasteiger partial charge is 0.416 e. The molecule has 1 amide bonds. The Labute approximate surface area is 155 Å². The number of benzene rings is 1. The minimum Gasteiger partial charge on any atom is -0.352 e. The number of alkyl halides is 3. The Hall–Kier alpha value is -2.83. The fourth-order valence-electron chi connectivity index (χ4n) is 3.16. The van der Waals surface area contributed by atoms with Gasteiger partial charge in [0.15, 0.2) is 0 Å². The molecule has 1 N–H and O–H groups in total. The number of hydrogen-bond donors (Lipinski definition) is 1. The van der Waals surface area contributed by atoms with Gasteiger partial charge in [0.05, 0.1) is 5.56 Å². The van der Waals surface area contributed by atoms with Gasteiger partial charge in [-0.05, 0) is 42.8 Å². The van der Waals surface area contributed by atoms with E-state index in [-0.39, 0.29) is 11.8 Å². The van der Waals surface area contributed by atoms with Crippen LogP contribution in [0, 0.1) is 12.8 Å². The molecule has 0 radical (unpaired) electrons. The molecule has 3 rings (SSSR count). The highest BCUT2D eigenvalue weighted by molar-refractivity contribution is 6.04. The van der Waals surface area contributed by atoms with E-state index in [1.165, 1.54) is 12.1 Å². The summed E-state index contributed by atoms with van der Waals surface area (Å²) in [6.45, 7) is 5.13. The third-order valence-electron chi connectivity index (χ3n) is 4.57. The molecule has 1 aromatic carbocycles. The number of rotatable bonds is 3. The minimum absolute atomic E-state index is 0.0328. The Morgan fingerprint density at radius 1 is 1.22 bits per heavy atom. The molecule has 2 aromatic rings. The third kappa shape index (κ3) is 4.30. The molecule has 0 saturated heterocycles. The fourth-order valence-corrected chi connectivity index (χ4v) is 3.16. The number of anilines is 2. The Bertz CT molecular complexity index is 860. The lowest BCUT2D eigenvalue weighted by Crippen LogP contribution is -2.37.